The zero-order valence-electron chi connectivity index (χ0n) is 17.5. The van der Waals surface area contributed by atoms with Crippen LogP contribution in [0.3, 0.4) is 0 Å². The minimum atomic E-state index is -0.523. The maximum atomic E-state index is 12.9. The molecule has 2 aromatic carbocycles. The van der Waals surface area contributed by atoms with E-state index in [1.54, 1.807) is 61.4 Å². The van der Waals surface area contributed by atoms with Crippen LogP contribution in [0.15, 0.2) is 54.6 Å². The fraction of sp³-hybridized carbons (Fsp3) is 0.227. The molecule has 0 radical (unpaired) electrons. The van der Waals surface area contributed by atoms with Crippen LogP contribution in [0, 0.1) is 23.0 Å². The van der Waals surface area contributed by atoms with Gasteiger partial charge in [0, 0.05) is 36.9 Å². The number of hydrogen-bond acceptors (Lipinski definition) is 6. The highest BCUT2D eigenvalue weighted by Crippen LogP contribution is 2.28. The van der Waals surface area contributed by atoms with E-state index in [4.69, 9.17) is 4.74 Å². The van der Waals surface area contributed by atoms with Crippen LogP contribution >= 0.6 is 0 Å². The van der Waals surface area contributed by atoms with Crippen LogP contribution in [0.1, 0.15) is 12.1 Å². The molecule has 1 atom stereocenters. The molecule has 1 saturated heterocycles. The Hall–Kier alpha value is -4.21. The molecule has 164 valence electrons. The van der Waals surface area contributed by atoms with Crippen LogP contribution in [0.5, 0.6) is 5.75 Å². The Kier molecular flexibility index (Phi) is 5.59. The number of nitrogens with zero attached hydrogens (tertiary/aromatic N) is 4. The summed E-state index contributed by atoms with van der Waals surface area (Å²) in [5, 5.41) is 18.1. The number of benzene rings is 2. The fourth-order valence-electron chi connectivity index (χ4n) is 3.62. The van der Waals surface area contributed by atoms with Gasteiger partial charge in [0.15, 0.2) is 0 Å². The van der Waals surface area contributed by atoms with Crippen LogP contribution in [-0.2, 0) is 9.59 Å². The van der Waals surface area contributed by atoms with E-state index in [1.165, 1.54) is 16.8 Å². The minimum Gasteiger partial charge on any atom is -0.497 e. The van der Waals surface area contributed by atoms with E-state index in [-0.39, 0.29) is 30.5 Å². The number of carbonyl (C=O) groups is 2. The summed E-state index contributed by atoms with van der Waals surface area (Å²) in [4.78, 5) is 37.4. The summed E-state index contributed by atoms with van der Waals surface area (Å²) in [7, 11) is 1.57. The van der Waals surface area contributed by atoms with Crippen molar-refractivity contribution in [3.05, 3.63) is 70.4 Å². The van der Waals surface area contributed by atoms with Crippen LogP contribution < -0.4 is 15.0 Å². The first-order chi connectivity index (χ1) is 15.4. The third kappa shape index (κ3) is 4.15. The second-order valence-electron chi connectivity index (χ2n) is 7.45. The number of nitrogens with one attached hydrogen (secondary N) is 1. The fourth-order valence-corrected chi connectivity index (χ4v) is 3.62. The normalized spacial score (nSPS) is 15.6. The maximum absolute atomic E-state index is 12.9. The van der Waals surface area contributed by atoms with Gasteiger partial charge in [-0.15, -0.1) is 0 Å². The number of amides is 2. The van der Waals surface area contributed by atoms with Crippen LogP contribution in [0.2, 0.25) is 0 Å². The molecule has 0 aliphatic carbocycles. The Labute approximate surface area is 183 Å². The number of rotatable bonds is 6. The largest absolute Gasteiger partial charge is 0.497 e. The van der Waals surface area contributed by atoms with Crippen molar-refractivity contribution in [1.82, 2.24) is 9.78 Å². The van der Waals surface area contributed by atoms with Gasteiger partial charge in [-0.3, -0.25) is 19.7 Å². The minimum absolute atomic E-state index is 0.0358. The predicted octanol–water partition coefficient (Wildman–Crippen LogP) is 3.09. The second-order valence-corrected chi connectivity index (χ2v) is 7.45. The van der Waals surface area contributed by atoms with Crippen molar-refractivity contribution >= 4 is 29.0 Å². The number of aromatic nitrogens is 2. The number of hydrogen-bond donors (Lipinski definition) is 1. The highest BCUT2D eigenvalue weighted by Gasteiger charge is 2.35. The first-order valence-electron chi connectivity index (χ1n) is 9.92. The quantitative estimate of drug-likeness (QED) is 0.469. The molecular formula is C22H21N5O5. The Morgan fingerprint density at radius 2 is 1.81 bits per heavy atom. The first kappa shape index (κ1) is 21.0. The maximum Gasteiger partial charge on any atom is 0.269 e. The average Bonchev–Trinajstić information content (AvgIpc) is 3.36. The molecule has 1 aliphatic rings. The second kappa shape index (κ2) is 8.50. The van der Waals surface area contributed by atoms with Gasteiger partial charge in [-0.05, 0) is 43.3 Å². The number of anilines is 2. The topological polar surface area (TPSA) is 120 Å². The number of nitro benzene ring substituents is 1. The van der Waals surface area contributed by atoms with Crippen molar-refractivity contribution in [2.45, 2.75) is 13.3 Å². The molecule has 32 heavy (non-hydrogen) atoms. The van der Waals surface area contributed by atoms with Gasteiger partial charge in [-0.2, -0.15) is 5.10 Å². The highest BCUT2D eigenvalue weighted by molar-refractivity contribution is 6.03. The van der Waals surface area contributed by atoms with Gasteiger partial charge in [-0.1, -0.05) is 0 Å². The number of methoxy groups -OCH3 is 1. The Morgan fingerprint density at radius 3 is 2.44 bits per heavy atom. The standard InChI is InChI=1S/C22H21N5O5/c1-14-11-20(26(24-14)17-3-5-18(6-4-17)27(30)31)23-22(29)15-12-21(28)25(13-15)16-7-9-19(32-2)10-8-16/h3-11,15H,12-13H2,1-2H3,(H,23,29). The Morgan fingerprint density at radius 1 is 1.16 bits per heavy atom. The zero-order chi connectivity index (χ0) is 22.8. The molecule has 2 heterocycles. The van der Waals surface area contributed by atoms with E-state index in [0.29, 0.717) is 28.6 Å². The van der Waals surface area contributed by atoms with E-state index >= 15 is 0 Å². The smallest absolute Gasteiger partial charge is 0.269 e. The summed E-state index contributed by atoms with van der Waals surface area (Å²) in [6.45, 7) is 2.05. The number of ether oxygens (including phenoxy) is 1. The molecule has 1 aliphatic heterocycles. The lowest BCUT2D eigenvalue weighted by Gasteiger charge is -2.17. The van der Waals surface area contributed by atoms with Gasteiger partial charge in [0.25, 0.3) is 5.69 Å². The lowest BCUT2D eigenvalue weighted by molar-refractivity contribution is -0.384. The SMILES string of the molecule is COc1ccc(N2CC(C(=O)Nc3cc(C)nn3-c3ccc([N+](=O)[O-])cc3)CC2=O)cc1. The number of aryl methyl sites for hydroxylation is 1. The van der Waals surface area contributed by atoms with Gasteiger partial charge in [0.1, 0.15) is 11.6 Å². The number of carbonyl (C=O) groups excluding carboxylic acids is 2. The molecule has 0 saturated carbocycles. The van der Waals surface area contributed by atoms with Crippen molar-refractivity contribution in [3.8, 4) is 11.4 Å². The van der Waals surface area contributed by atoms with Crippen molar-refractivity contribution in [3.63, 3.8) is 0 Å². The highest BCUT2D eigenvalue weighted by atomic mass is 16.6. The van der Waals surface area contributed by atoms with E-state index in [2.05, 4.69) is 10.4 Å². The molecule has 2 amide bonds. The average molecular weight is 435 g/mol. The van der Waals surface area contributed by atoms with Gasteiger partial charge in [0.05, 0.1) is 29.3 Å². The van der Waals surface area contributed by atoms with Gasteiger partial charge >= 0.3 is 0 Å². The monoisotopic (exact) mass is 435 g/mol. The van der Waals surface area contributed by atoms with Crippen LogP contribution in [-0.4, -0.2) is 40.2 Å². The van der Waals surface area contributed by atoms with E-state index in [0.717, 1.165) is 0 Å². The molecule has 1 fully saturated rings. The van der Waals surface area contributed by atoms with Crippen LogP contribution in [0.25, 0.3) is 5.69 Å². The summed E-state index contributed by atoms with van der Waals surface area (Å²) in [5.74, 6) is 0.166. The molecule has 4 rings (SSSR count). The first-order valence-corrected chi connectivity index (χ1v) is 9.92. The third-order valence-corrected chi connectivity index (χ3v) is 5.27. The summed E-state index contributed by atoms with van der Waals surface area (Å²) in [5.41, 5.74) is 1.91. The van der Waals surface area contributed by atoms with Gasteiger partial charge < -0.3 is 15.0 Å². The van der Waals surface area contributed by atoms with Crippen molar-refractivity contribution in [2.24, 2.45) is 5.92 Å². The van der Waals surface area contributed by atoms with E-state index < -0.39 is 10.8 Å². The molecule has 3 aromatic rings. The lowest BCUT2D eigenvalue weighted by Crippen LogP contribution is -2.28. The summed E-state index contributed by atoms with van der Waals surface area (Å²) in [6, 6.07) is 14.7. The van der Waals surface area contributed by atoms with E-state index in [9.17, 15) is 19.7 Å². The van der Waals surface area contributed by atoms with Gasteiger partial charge in [0.2, 0.25) is 11.8 Å². The number of nitro groups is 1. The predicted molar refractivity (Wildman–Crippen MR) is 117 cm³/mol. The summed E-state index contributed by atoms with van der Waals surface area (Å²) >= 11 is 0. The molecular weight excluding hydrogens is 414 g/mol. The number of non-ortho nitro benzene ring substituents is 1. The Balaban J connectivity index is 1.49. The summed E-state index contributed by atoms with van der Waals surface area (Å²) < 4.78 is 6.65. The molecule has 0 bridgehead atoms. The zero-order valence-corrected chi connectivity index (χ0v) is 17.5. The molecule has 0 spiro atoms. The summed E-state index contributed by atoms with van der Waals surface area (Å²) in [6.07, 6.45) is 0.0997. The van der Waals surface area contributed by atoms with Crippen molar-refractivity contribution in [1.29, 1.82) is 0 Å². The van der Waals surface area contributed by atoms with E-state index in [1.807, 2.05) is 0 Å². The lowest BCUT2D eigenvalue weighted by atomic mass is 10.1. The molecule has 1 N–H and O–H groups in total. The molecule has 10 nitrogen and oxygen atoms in total. The molecule has 1 unspecified atom stereocenters. The molecule has 10 heteroatoms. The van der Waals surface area contributed by atoms with Gasteiger partial charge in [-0.25, -0.2) is 4.68 Å². The van der Waals surface area contributed by atoms with Crippen molar-refractivity contribution < 1.29 is 19.2 Å². The third-order valence-electron chi connectivity index (χ3n) is 5.27. The van der Waals surface area contributed by atoms with Crippen LogP contribution in [0.4, 0.5) is 17.2 Å². The molecule has 1 aromatic heterocycles. The Bertz CT molecular complexity index is 1170. The van der Waals surface area contributed by atoms with Crippen molar-refractivity contribution in [2.75, 3.05) is 23.9 Å².